The molecule has 1 saturated carbocycles. The van der Waals surface area contributed by atoms with Gasteiger partial charge in [-0.3, -0.25) is 0 Å². The summed E-state index contributed by atoms with van der Waals surface area (Å²) in [7, 11) is 0. The Morgan fingerprint density at radius 1 is 1.27 bits per heavy atom. The van der Waals surface area contributed by atoms with Gasteiger partial charge in [0.1, 0.15) is 0 Å². The Labute approximate surface area is 92.7 Å². The molecule has 0 amide bonds. The van der Waals surface area contributed by atoms with Crippen molar-refractivity contribution in [3.63, 3.8) is 0 Å². The van der Waals surface area contributed by atoms with E-state index in [0.29, 0.717) is 0 Å². The van der Waals surface area contributed by atoms with Gasteiger partial charge in [0.2, 0.25) is 0 Å². The molecule has 1 aliphatic carbocycles. The molecule has 0 aliphatic heterocycles. The maximum Gasteiger partial charge on any atom is 0.0317 e. The number of hydrogen-bond donors (Lipinski definition) is 1. The van der Waals surface area contributed by atoms with Gasteiger partial charge >= 0.3 is 0 Å². The molecular weight excluding hydrogens is 182 g/mol. The maximum absolute atomic E-state index is 5.87. The first-order valence-electron chi connectivity index (χ1n) is 6.03. The number of benzene rings is 1. The molecule has 2 N–H and O–H groups in total. The lowest BCUT2D eigenvalue weighted by molar-refractivity contribution is 0.343. The quantitative estimate of drug-likeness (QED) is 0.689. The standard InChI is InChI=1S/C14H21N/c1-10-4-3-5-12(8-10)14-9-13(15)7-6-11(14)2/h6-7,9-10,12H,3-5,8,15H2,1-2H3/t10-,12+/m1/s1. The first-order chi connectivity index (χ1) is 7.16. The lowest BCUT2D eigenvalue weighted by Crippen LogP contribution is -2.12. The van der Waals surface area contributed by atoms with Crippen LogP contribution in [-0.4, -0.2) is 0 Å². The van der Waals surface area contributed by atoms with Gasteiger partial charge in [-0.25, -0.2) is 0 Å². The molecule has 1 aromatic carbocycles. The molecule has 1 heteroatoms. The fourth-order valence-electron chi connectivity index (χ4n) is 2.82. The molecule has 1 aliphatic rings. The molecule has 82 valence electrons. The molecule has 0 heterocycles. The van der Waals surface area contributed by atoms with E-state index in [0.717, 1.165) is 17.5 Å². The van der Waals surface area contributed by atoms with E-state index < -0.39 is 0 Å². The fourth-order valence-corrected chi connectivity index (χ4v) is 2.82. The number of nitrogen functional groups attached to an aromatic ring is 1. The van der Waals surface area contributed by atoms with Gasteiger partial charge in [-0.2, -0.15) is 0 Å². The third-order valence-electron chi connectivity index (χ3n) is 3.68. The van der Waals surface area contributed by atoms with Gasteiger partial charge in [0.15, 0.2) is 0 Å². The van der Waals surface area contributed by atoms with E-state index in [1.807, 2.05) is 6.07 Å². The maximum atomic E-state index is 5.87. The van der Waals surface area contributed by atoms with Crippen LogP contribution in [0.3, 0.4) is 0 Å². The van der Waals surface area contributed by atoms with E-state index in [1.54, 1.807) is 0 Å². The predicted octanol–water partition coefficient (Wildman–Crippen LogP) is 3.87. The van der Waals surface area contributed by atoms with Crippen LogP contribution in [-0.2, 0) is 0 Å². The lowest BCUT2D eigenvalue weighted by atomic mass is 9.77. The molecule has 1 nitrogen and oxygen atoms in total. The van der Waals surface area contributed by atoms with E-state index in [-0.39, 0.29) is 0 Å². The smallest absolute Gasteiger partial charge is 0.0317 e. The van der Waals surface area contributed by atoms with Crippen LogP contribution < -0.4 is 5.73 Å². The molecule has 0 spiro atoms. The summed E-state index contributed by atoms with van der Waals surface area (Å²) >= 11 is 0. The van der Waals surface area contributed by atoms with Crippen molar-refractivity contribution in [3.05, 3.63) is 29.3 Å². The molecule has 0 radical (unpaired) electrons. The van der Waals surface area contributed by atoms with Crippen molar-refractivity contribution in [2.45, 2.75) is 45.4 Å². The molecule has 0 bridgehead atoms. The van der Waals surface area contributed by atoms with Crippen LogP contribution in [0.4, 0.5) is 5.69 Å². The topological polar surface area (TPSA) is 26.0 Å². The molecule has 0 saturated heterocycles. The Kier molecular flexibility index (Phi) is 2.99. The minimum atomic E-state index is 0.747. The molecular formula is C14H21N. The van der Waals surface area contributed by atoms with Crippen LogP contribution >= 0.6 is 0 Å². The second-order valence-corrected chi connectivity index (χ2v) is 5.08. The van der Waals surface area contributed by atoms with Crippen LogP contribution in [0.25, 0.3) is 0 Å². The Bertz CT molecular complexity index is 343. The Balaban J connectivity index is 2.24. The average Bonchev–Trinajstić information content (AvgIpc) is 2.22. The molecule has 0 aromatic heterocycles. The van der Waals surface area contributed by atoms with Crippen molar-refractivity contribution in [2.24, 2.45) is 5.92 Å². The van der Waals surface area contributed by atoms with Gasteiger partial charge in [-0.1, -0.05) is 25.8 Å². The van der Waals surface area contributed by atoms with E-state index in [2.05, 4.69) is 26.0 Å². The number of nitrogens with two attached hydrogens (primary N) is 1. The van der Waals surface area contributed by atoms with Crippen molar-refractivity contribution in [3.8, 4) is 0 Å². The molecule has 0 unspecified atom stereocenters. The monoisotopic (exact) mass is 203 g/mol. The summed E-state index contributed by atoms with van der Waals surface area (Å²) in [4.78, 5) is 0. The Morgan fingerprint density at radius 2 is 2.07 bits per heavy atom. The van der Waals surface area contributed by atoms with Crippen molar-refractivity contribution >= 4 is 5.69 Å². The Hall–Kier alpha value is -0.980. The zero-order valence-corrected chi connectivity index (χ0v) is 9.79. The summed E-state index contributed by atoms with van der Waals surface area (Å²) in [5.41, 5.74) is 9.67. The summed E-state index contributed by atoms with van der Waals surface area (Å²) < 4.78 is 0. The molecule has 1 aromatic rings. The predicted molar refractivity (Wildman–Crippen MR) is 66.0 cm³/mol. The lowest BCUT2D eigenvalue weighted by Gasteiger charge is -2.28. The summed E-state index contributed by atoms with van der Waals surface area (Å²) in [6.07, 6.45) is 5.46. The van der Waals surface area contributed by atoms with E-state index in [1.165, 1.54) is 36.8 Å². The van der Waals surface area contributed by atoms with Crippen molar-refractivity contribution < 1.29 is 0 Å². The third kappa shape index (κ3) is 2.34. The summed E-state index contributed by atoms with van der Waals surface area (Å²) in [5, 5.41) is 0. The molecule has 2 atom stereocenters. The van der Waals surface area contributed by atoms with Gasteiger partial charge in [0, 0.05) is 5.69 Å². The van der Waals surface area contributed by atoms with Crippen molar-refractivity contribution in [2.75, 3.05) is 5.73 Å². The minimum Gasteiger partial charge on any atom is -0.399 e. The van der Waals surface area contributed by atoms with Gasteiger partial charge < -0.3 is 5.73 Å². The van der Waals surface area contributed by atoms with E-state index >= 15 is 0 Å². The van der Waals surface area contributed by atoms with Crippen LogP contribution in [0.15, 0.2) is 18.2 Å². The van der Waals surface area contributed by atoms with Gasteiger partial charge in [0.05, 0.1) is 0 Å². The van der Waals surface area contributed by atoms with Gasteiger partial charge in [-0.15, -0.1) is 0 Å². The largest absolute Gasteiger partial charge is 0.399 e. The second-order valence-electron chi connectivity index (χ2n) is 5.08. The molecule has 15 heavy (non-hydrogen) atoms. The van der Waals surface area contributed by atoms with Crippen LogP contribution in [0, 0.1) is 12.8 Å². The average molecular weight is 203 g/mol. The van der Waals surface area contributed by atoms with Crippen LogP contribution in [0.1, 0.15) is 49.7 Å². The highest BCUT2D eigenvalue weighted by atomic mass is 14.5. The first kappa shape index (κ1) is 10.5. The number of anilines is 1. The summed E-state index contributed by atoms with van der Waals surface area (Å²) in [6.45, 7) is 4.57. The number of hydrogen-bond acceptors (Lipinski definition) is 1. The highest BCUT2D eigenvalue weighted by Gasteiger charge is 2.21. The number of rotatable bonds is 1. The number of aryl methyl sites for hydroxylation is 1. The van der Waals surface area contributed by atoms with Gasteiger partial charge in [0.25, 0.3) is 0 Å². The fraction of sp³-hybridized carbons (Fsp3) is 0.571. The molecule has 2 rings (SSSR count). The third-order valence-corrected chi connectivity index (χ3v) is 3.68. The van der Waals surface area contributed by atoms with E-state index in [4.69, 9.17) is 5.73 Å². The highest BCUT2D eigenvalue weighted by molar-refractivity contribution is 5.45. The second kappa shape index (κ2) is 4.26. The van der Waals surface area contributed by atoms with Gasteiger partial charge in [-0.05, 0) is 54.9 Å². The normalized spacial score (nSPS) is 26.5. The van der Waals surface area contributed by atoms with E-state index in [9.17, 15) is 0 Å². The zero-order valence-electron chi connectivity index (χ0n) is 9.79. The van der Waals surface area contributed by atoms with Crippen molar-refractivity contribution in [1.29, 1.82) is 0 Å². The summed E-state index contributed by atoms with van der Waals surface area (Å²) in [5.74, 6) is 1.63. The molecule has 1 fully saturated rings. The van der Waals surface area contributed by atoms with Crippen LogP contribution in [0.5, 0.6) is 0 Å². The Morgan fingerprint density at radius 3 is 2.80 bits per heavy atom. The van der Waals surface area contributed by atoms with Crippen molar-refractivity contribution in [1.82, 2.24) is 0 Å². The summed E-state index contributed by atoms with van der Waals surface area (Å²) in [6, 6.07) is 6.34. The minimum absolute atomic E-state index is 0.747. The first-order valence-corrected chi connectivity index (χ1v) is 6.03. The zero-order chi connectivity index (χ0) is 10.8. The van der Waals surface area contributed by atoms with Crippen LogP contribution in [0.2, 0.25) is 0 Å². The SMILES string of the molecule is Cc1ccc(N)cc1[C@H]1CCC[C@@H](C)C1. The highest BCUT2D eigenvalue weighted by Crippen LogP contribution is 2.37.